The van der Waals surface area contributed by atoms with Crippen molar-refractivity contribution in [2.75, 3.05) is 5.32 Å². The van der Waals surface area contributed by atoms with Crippen LogP contribution < -0.4 is 11.1 Å². The predicted octanol–water partition coefficient (Wildman–Crippen LogP) is 2.72. The van der Waals surface area contributed by atoms with E-state index in [1.807, 2.05) is 13.8 Å². The molecule has 112 valence electrons. The van der Waals surface area contributed by atoms with Crippen molar-refractivity contribution >= 4 is 11.6 Å². The van der Waals surface area contributed by atoms with Gasteiger partial charge in [-0.15, -0.1) is 0 Å². The van der Waals surface area contributed by atoms with Gasteiger partial charge in [-0.1, -0.05) is 13.8 Å². The van der Waals surface area contributed by atoms with Crippen LogP contribution in [0.3, 0.4) is 0 Å². The molecule has 0 radical (unpaired) electrons. The molecule has 7 heteroatoms. The quantitative estimate of drug-likeness (QED) is 0.746. The summed E-state index contributed by atoms with van der Waals surface area (Å²) in [6.45, 7) is 3.74. The van der Waals surface area contributed by atoms with E-state index in [1.165, 1.54) is 0 Å². The second-order valence-corrected chi connectivity index (χ2v) is 4.95. The third-order valence-corrected chi connectivity index (χ3v) is 2.64. The third-order valence-electron chi connectivity index (χ3n) is 2.64. The van der Waals surface area contributed by atoms with Gasteiger partial charge in [0.2, 0.25) is 5.91 Å². The van der Waals surface area contributed by atoms with Gasteiger partial charge in [-0.2, -0.15) is 13.2 Å². The van der Waals surface area contributed by atoms with Crippen molar-refractivity contribution in [3.05, 3.63) is 23.8 Å². The molecule has 20 heavy (non-hydrogen) atoms. The Hall–Kier alpha value is -1.76. The molecule has 4 nitrogen and oxygen atoms in total. The zero-order chi connectivity index (χ0) is 15.5. The minimum atomic E-state index is -4.55. The predicted molar refractivity (Wildman–Crippen MR) is 69.2 cm³/mol. The number of phenolic OH excluding ortho intramolecular Hbond substituents is 1. The number of carbonyl (C=O) groups is 1. The number of anilines is 1. The molecule has 0 aliphatic carbocycles. The minimum absolute atomic E-state index is 0.172. The maximum absolute atomic E-state index is 12.5. The van der Waals surface area contributed by atoms with Gasteiger partial charge in [0.05, 0.1) is 17.3 Å². The number of amides is 1. The van der Waals surface area contributed by atoms with Gasteiger partial charge in [-0.05, 0) is 30.5 Å². The van der Waals surface area contributed by atoms with Gasteiger partial charge >= 0.3 is 6.18 Å². The van der Waals surface area contributed by atoms with Crippen molar-refractivity contribution in [1.82, 2.24) is 0 Å². The Kier molecular flexibility index (Phi) is 4.99. The van der Waals surface area contributed by atoms with Crippen LogP contribution in [-0.2, 0) is 11.0 Å². The number of nitrogens with one attached hydrogen (secondary N) is 1. The van der Waals surface area contributed by atoms with Crippen molar-refractivity contribution in [2.24, 2.45) is 11.7 Å². The number of benzene rings is 1. The lowest BCUT2D eigenvalue weighted by atomic mass is 10.0. The second-order valence-electron chi connectivity index (χ2n) is 4.95. The largest absolute Gasteiger partial charge is 0.506 e. The van der Waals surface area contributed by atoms with Gasteiger partial charge in [0.1, 0.15) is 5.75 Å². The molecule has 0 saturated carbocycles. The number of nitrogens with two attached hydrogens (primary N) is 1. The molecule has 0 saturated heterocycles. The number of hydrogen-bond acceptors (Lipinski definition) is 3. The summed E-state index contributed by atoms with van der Waals surface area (Å²) < 4.78 is 37.6. The van der Waals surface area contributed by atoms with Crippen LogP contribution >= 0.6 is 0 Å². The summed E-state index contributed by atoms with van der Waals surface area (Å²) in [6.07, 6.45) is -4.15. The monoisotopic (exact) mass is 290 g/mol. The Morgan fingerprint density at radius 3 is 2.50 bits per heavy atom. The molecule has 1 aromatic rings. The van der Waals surface area contributed by atoms with E-state index in [-0.39, 0.29) is 11.6 Å². The smallest absolute Gasteiger partial charge is 0.416 e. The van der Waals surface area contributed by atoms with E-state index in [4.69, 9.17) is 5.73 Å². The highest BCUT2D eigenvalue weighted by atomic mass is 19.4. The molecule has 0 fully saturated rings. The highest BCUT2D eigenvalue weighted by molar-refractivity contribution is 5.96. The molecule has 0 spiro atoms. The summed E-state index contributed by atoms with van der Waals surface area (Å²) in [5.41, 5.74) is 4.37. The van der Waals surface area contributed by atoms with Crippen LogP contribution in [0.25, 0.3) is 0 Å². The number of alkyl halides is 3. The van der Waals surface area contributed by atoms with Crippen LogP contribution in [0.2, 0.25) is 0 Å². The average Bonchev–Trinajstić information content (AvgIpc) is 2.29. The lowest BCUT2D eigenvalue weighted by Gasteiger charge is -2.16. The van der Waals surface area contributed by atoms with Gasteiger partial charge in [0.25, 0.3) is 0 Å². The van der Waals surface area contributed by atoms with Crippen molar-refractivity contribution in [3.63, 3.8) is 0 Å². The first-order valence-corrected chi connectivity index (χ1v) is 6.08. The topological polar surface area (TPSA) is 75.4 Å². The van der Waals surface area contributed by atoms with E-state index in [2.05, 4.69) is 5.32 Å². The molecule has 4 N–H and O–H groups in total. The highest BCUT2D eigenvalue weighted by Gasteiger charge is 2.31. The van der Waals surface area contributed by atoms with Crippen LogP contribution in [0.1, 0.15) is 25.8 Å². The maximum atomic E-state index is 12.5. The molecular formula is C13H17F3N2O2. The molecule has 1 atom stereocenters. The summed E-state index contributed by atoms with van der Waals surface area (Å²) in [7, 11) is 0. The zero-order valence-corrected chi connectivity index (χ0v) is 11.2. The molecule has 1 rings (SSSR count). The van der Waals surface area contributed by atoms with Crippen LogP contribution in [0.5, 0.6) is 5.75 Å². The Balaban J connectivity index is 2.89. The first-order valence-electron chi connectivity index (χ1n) is 6.08. The van der Waals surface area contributed by atoms with Crippen LogP contribution in [-0.4, -0.2) is 17.1 Å². The number of aromatic hydroxyl groups is 1. The molecule has 1 aromatic carbocycles. The molecule has 0 aliphatic rings. The Bertz CT molecular complexity index is 487. The fourth-order valence-corrected chi connectivity index (χ4v) is 1.65. The van der Waals surface area contributed by atoms with Crippen molar-refractivity contribution in [2.45, 2.75) is 32.5 Å². The maximum Gasteiger partial charge on any atom is 0.416 e. The normalized spacial score (nSPS) is 13.3. The number of rotatable bonds is 4. The van der Waals surface area contributed by atoms with Crippen LogP contribution in [0, 0.1) is 5.92 Å². The van der Waals surface area contributed by atoms with Crippen LogP contribution in [0.4, 0.5) is 18.9 Å². The molecule has 0 bridgehead atoms. The molecule has 1 amide bonds. The summed E-state index contributed by atoms with van der Waals surface area (Å²) >= 11 is 0. The SMILES string of the molecule is CC(C)C[C@H](N)C(=O)Nc1cc(C(F)(F)F)ccc1O. The number of phenols is 1. The van der Waals surface area contributed by atoms with Gasteiger partial charge in [0, 0.05) is 0 Å². The second kappa shape index (κ2) is 6.13. The summed E-state index contributed by atoms with van der Waals surface area (Å²) in [5, 5.41) is 11.7. The van der Waals surface area contributed by atoms with Crippen molar-refractivity contribution in [3.8, 4) is 5.75 Å². The molecule has 0 aliphatic heterocycles. The van der Waals surface area contributed by atoms with Gasteiger partial charge in [-0.3, -0.25) is 4.79 Å². The highest BCUT2D eigenvalue weighted by Crippen LogP contribution is 2.34. The minimum Gasteiger partial charge on any atom is -0.506 e. The first-order chi connectivity index (χ1) is 9.11. The molecular weight excluding hydrogens is 273 g/mol. The van der Waals surface area contributed by atoms with E-state index < -0.39 is 29.4 Å². The first kappa shape index (κ1) is 16.3. The Labute approximate surface area is 114 Å². The Morgan fingerprint density at radius 2 is 2.00 bits per heavy atom. The number of halogens is 3. The molecule has 0 unspecified atom stereocenters. The summed E-state index contributed by atoms with van der Waals surface area (Å²) in [6, 6.07) is 1.45. The third kappa shape index (κ3) is 4.41. The fourth-order valence-electron chi connectivity index (χ4n) is 1.65. The summed E-state index contributed by atoms with van der Waals surface area (Å²) in [5.74, 6) is -0.901. The van der Waals surface area contributed by atoms with E-state index in [0.717, 1.165) is 12.1 Å². The lowest BCUT2D eigenvalue weighted by Crippen LogP contribution is -2.36. The van der Waals surface area contributed by atoms with E-state index in [9.17, 15) is 23.1 Å². The standard InChI is InChI=1S/C13H17F3N2O2/c1-7(2)5-9(17)12(20)18-10-6-8(13(14,15)16)3-4-11(10)19/h3-4,6-7,9,19H,5,17H2,1-2H3,(H,18,20)/t9-/m0/s1. The average molecular weight is 290 g/mol. The Morgan fingerprint density at radius 1 is 1.40 bits per heavy atom. The fraction of sp³-hybridized carbons (Fsp3) is 0.462. The van der Waals surface area contributed by atoms with Crippen molar-refractivity contribution < 1.29 is 23.1 Å². The molecule has 0 heterocycles. The van der Waals surface area contributed by atoms with E-state index in [0.29, 0.717) is 12.5 Å². The molecule has 0 aromatic heterocycles. The lowest BCUT2D eigenvalue weighted by molar-refractivity contribution is -0.137. The van der Waals surface area contributed by atoms with Crippen LogP contribution in [0.15, 0.2) is 18.2 Å². The van der Waals surface area contributed by atoms with E-state index >= 15 is 0 Å². The van der Waals surface area contributed by atoms with Gasteiger partial charge < -0.3 is 16.2 Å². The van der Waals surface area contributed by atoms with Crippen molar-refractivity contribution in [1.29, 1.82) is 0 Å². The summed E-state index contributed by atoms with van der Waals surface area (Å²) in [4.78, 5) is 11.7. The van der Waals surface area contributed by atoms with Gasteiger partial charge in [-0.25, -0.2) is 0 Å². The number of carbonyl (C=O) groups excluding carboxylic acids is 1. The zero-order valence-electron chi connectivity index (χ0n) is 11.2. The number of hydrogen-bond donors (Lipinski definition) is 3. The van der Waals surface area contributed by atoms with E-state index in [1.54, 1.807) is 0 Å². The van der Waals surface area contributed by atoms with Gasteiger partial charge in [0.15, 0.2) is 0 Å².